The third kappa shape index (κ3) is 17.2. The minimum atomic E-state index is -1.02. The zero-order valence-corrected chi connectivity index (χ0v) is 26.1. The van der Waals surface area contributed by atoms with Crippen LogP contribution < -0.4 is 4.74 Å². The number of carbonyl (C=O) groups is 4. The molecule has 1 aromatic rings. The number of carbonyl (C=O) groups excluding carboxylic acids is 1. The van der Waals surface area contributed by atoms with Gasteiger partial charge < -0.3 is 39.1 Å². The topological polar surface area (TPSA) is 179 Å². The Morgan fingerprint density at radius 2 is 1.22 bits per heavy atom. The van der Waals surface area contributed by atoms with Gasteiger partial charge in [-0.05, 0) is 24.1 Å². The minimum Gasteiger partial charge on any atom is -0.491 e. The van der Waals surface area contributed by atoms with Crippen LogP contribution in [0.3, 0.4) is 0 Å². The smallest absolute Gasteiger partial charge is 0.317 e. The maximum Gasteiger partial charge on any atom is 0.317 e. The first-order valence-corrected chi connectivity index (χ1v) is 15.1. The highest BCUT2D eigenvalue weighted by Gasteiger charge is 2.26. The zero-order valence-electron chi connectivity index (χ0n) is 26.1. The number of carboxylic acid groups (broad SMARTS) is 3. The first-order chi connectivity index (χ1) is 21.7. The van der Waals surface area contributed by atoms with Crippen LogP contribution in [0.2, 0.25) is 0 Å². The van der Waals surface area contributed by atoms with E-state index in [1.54, 1.807) is 21.8 Å². The van der Waals surface area contributed by atoms with Crippen molar-refractivity contribution in [2.45, 2.75) is 12.5 Å². The molecule has 0 saturated carbocycles. The molecule has 0 aromatic heterocycles. The lowest BCUT2D eigenvalue weighted by molar-refractivity contribution is -0.140. The zero-order chi connectivity index (χ0) is 32.9. The first-order valence-electron chi connectivity index (χ1n) is 15.1. The van der Waals surface area contributed by atoms with E-state index in [9.17, 15) is 34.5 Å². The van der Waals surface area contributed by atoms with Crippen LogP contribution in [0, 0.1) is 0 Å². The number of aliphatic carboxylic acids is 3. The highest BCUT2D eigenvalue weighted by Crippen LogP contribution is 2.17. The van der Waals surface area contributed by atoms with Gasteiger partial charge in [0.25, 0.3) is 0 Å². The Morgan fingerprint density at radius 1 is 0.733 bits per heavy atom. The SMILES string of the molecule is COCCOCCOCCOc1ccc(CC2CN(CC(=O)O)CCN(CC(=O)O)CCN(CC(=O)O)CCN2CC=O)cc1. The largest absolute Gasteiger partial charge is 0.491 e. The van der Waals surface area contributed by atoms with E-state index >= 15 is 0 Å². The van der Waals surface area contributed by atoms with Gasteiger partial charge in [-0.3, -0.25) is 34.0 Å². The van der Waals surface area contributed by atoms with Crippen LogP contribution in [0.25, 0.3) is 0 Å². The Morgan fingerprint density at radius 3 is 1.76 bits per heavy atom. The van der Waals surface area contributed by atoms with Crippen molar-refractivity contribution < 1.29 is 53.4 Å². The number of methoxy groups -OCH3 is 1. The lowest BCUT2D eigenvalue weighted by Gasteiger charge is -2.37. The summed E-state index contributed by atoms with van der Waals surface area (Å²) in [6, 6.07) is 7.25. The van der Waals surface area contributed by atoms with Gasteiger partial charge in [-0.1, -0.05) is 12.1 Å². The average Bonchev–Trinajstić information content (AvgIpc) is 2.98. The number of hydrogen-bond acceptors (Lipinski definition) is 12. The van der Waals surface area contributed by atoms with Crippen LogP contribution >= 0.6 is 0 Å². The van der Waals surface area contributed by atoms with Crippen molar-refractivity contribution in [2.24, 2.45) is 0 Å². The Bertz CT molecular complexity index is 1010. The normalized spacial score (nSPS) is 18.1. The Kier molecular flexibility index (Phi) is 18.9. The summed E-state index contributed by atoms with van der Waals surface area (Å²) in [5.74, 6) is -2.37. The van der Waals surface area contributed by atoms with Crippen molar-refractivity contribution in [3.63, 3.8) is 0 Å². The average molecular weight is 641 g/mol. The number of carboxylic acids is 3. The van der Waals surface area contributed by atoms with E-state index in [1.165, 1.54) is 0 Å². The molecule has 2 rings (SSSR count). The summed E-state index contributed by atoms with van der Waals surface area (Å²) in [7, 11) is 1.61. The van der Waals surface area contributed by atoms with Crippen molar-refractivity contribution in [2.75, 3.05) is 119 Å². The summed E-state index contributed by atoms with van der Waals surface area (Å²) in [6.45, 7) is 4.35. The second kappa shape index (κ2) is 22.3. The van der Waals surface area contributed by atoms with Gasteiger partial charge in [0, 0.05) is 59.0 Å². The molecule has 254 valence electrons. The molecule has 0 spiro atoms. The number of rotatable bonds is 20. The molecule has 1 aliphatic heterocycles. The standard InChI is InChI=1S/C30H48N4O11/c1-42-14-15-43-16-17-44-18-19-45-27-4-2-25(3-5-27)20-26-21-33(24-30(40)41)9-8-31(22-28(36)37)6-7-32(23-29(38)39)10-11-34(26)12-13-35/h2-5,13,26H,6-12,14-24H2,1H3,(H,36,37)(H,38,39)(H,40,41). The van der Waals surface area contributed by atoms with Crippen molar-refractivity contribution in [3.05, 3.63) is 29.8 Å². The summed E-state index contributed by atoms with van der Waals surface area (Å²) >= 11 is 0. The molecule has 1 saturated heterocycles. The first kappa shape index (κ1) is 38.0. The van der Waals surface area contributed by atoms with Gasteiger partial charge in [0.2, 0.25) is 0 Å². The molecular formula is C30H48N4O11. The fraction of sp³-hybridized carbons (Fsp3) is 0.667. The molecule has 1 unspecified atom stereocenters. The molecule has 15 nitrogen and oxygen atoms in total. The fourth-order valence-electron chi connectivity index (χ4n) is 4.99. The molecule has 0 aliphatic carbocycles. The molecule has 1 aromatic carbocycles. The summed E-state index contributed by atoms with van der Waals surface area (Å²) < 4.78 is 21.5. The van der Waals surface area contributed by atoms with Gasteiger partial charge in [-0.25, -0.2) is 0 Å². The molecule has 0 amide bonds. The molecule has 15 heteroatoms. The summed E-state index contributed by atoms with van der Waals surface area (Å²) in [5.41, 5.74) is 0.949. The minimum absolute atomic E-state index is 0.0935. The van der Waals surface area contributed by atoms with Gasteiger partial charge in [0.1, 0.15) is 18.6 Å². The molecule has 45 heavy (non-hydrogen) atoms. The number of ether oxygens (including phenoxy) is 4. The van der Waals surface area contributed by atoms with Gasteiger partial charge in [0.05, 0.1) is 59.2 Å². The third-order valence-corrected chi connectivity index (χ3v) is 7.23. The highest BCUT2D eigenvalue weighted by molar-refractivity contribution is 5.70. The van der Waals surface area contributed by atoms with Crippen LogP contribution in [0.15, 0.2) is 24.3 Å². The van der Waals surface area contributed by atoms with Crippen molar-refractivity contribution in [1.82, 2.24) is 19.6 Å². The predicted octanol–water partition coefficient (Wildman–Crippen LogP) is -0.670. The van der Waals surface area contributed by atoms with E-state index in [2.05, 4.69) is 0 Å². The summed E-state index contributed by atoms with van der Waals surface area (Å²) in [5, 5.41) is 28.4. The van der Waals surface area contributed by atoms with Crippen molar-refractivity contribution >= 4 is 24.2 Å². The molecule has 1 aliphatic rings. The monoisotopic (exact) mass is 640 g/mol. The quantitative estimate of drug-likeness (QED) is 0.121. The molecule has 1 atom stereocenters. The highest BCUT2D eigenvalue weighted by atomic mass is 16.6. The molecule has 0 bridgehead atoms. The Labute approximate surface area is 264 Å². The van der Waals surface area contributed by atoms with Crippen molar-refractivity contribution in [1.29, 1.82) is 0 Å². The number of aldehydes is 1. The van der Waals surface area contributed by atoms with Gasteiger partial charge in [0.15, 0.2) is 0 Å². The summed E-state index contributed by atoms with van der Waals surface area (Å²) in [6.07, 6.45) is 1.29. The van der Waals surface area contributed by atoms with Crippen LogP contribution in [-0.4, -0.2) is 184 Å². The van der Waals surface area contributed by atoms with E-state index in [-0.39, 0.29) is 45.3 Å². The lowest BCUT2D eigenvalue weighted by atomic mass is 10.0. The number of nitrogens with zero attached hydrogens (tertiary/aromatic N) is 4. The maximum absolute atomic E-state index is 11.7. The van der Waals surface area contributed by atoms with E-state index in [1.807, 2.05) is 29.2 Å². The maximum atomic E-state index is 11.7. The van der Waals surface area contributed by atoms with Crippen LogP contribution in [0.5, 0.6) is 5.75 Å². The Balaban J connectivity index is 2.12. The van der Waals surface area contributed by atoms with Gasteiger partial charge in [-0.2, -0.15) is 0 Å². The van der Waals surface area contributed by atoms with E-state index in [0.717, 1.165) is 11.8 Å². The molecule has 0 radical (unpaired) electrons. The fourth-order valence-corrected chi connectivity index (χ4v) is 4.99. The number of hydrogen-bond donors (Lipinski definition) is 3. The predicted molar refractivity (Wildman–Crippen MR) is 163 cm³/mol. The molecule has 1 heterocycles. The van der Waals surface area contributed by atoms with Gasteiger partial charge >= 0.3 is 17.9 Å². The molecular weight excluding hydrogens is 592 g/mol. The Hall–Kier alpha value is -3.18. The second-order valence-electron chi connectivity index (χ2n) is 10.7. The van der Waals surface area contributed by atoms with E-state index in [4.69, 9.17) is 18.9 Å². The molecule has 1 fully saturated rings. The second-order valence-corrected chi connectivity index (χ2v) is 10.7. The third-order valence-electron chi connectivity index (χ3n) is 7.23. The van der Waals surface area contributed by atoms with E-state index in [0.29, 0.717) is 84.5 Å². The van der Waals surface area contributed by atoms with Crippen LogP contribution in [0.4, 0.5) is 0 Å². The van der Waals surface area contributed by atoms with Crippen LogP contribution in [0.1, 0.15) is 5.56 Å². The lowest BCUT2D eigenvalue weighted by Crippen LogP contribution is -2.52. The van der Waals surface area contributed by atoms with E-state index < -0.39 is 17.9 Å². The molecule has 3 N–H and O–H groups in total. The van der Waals surface area contributed by atoms with Gasteiger partial charge in [-0.15, -0.1) is 0 Å². The van der Waals surface area contributed by atoms with Crippen LogP contribution in [-0.2, 0) is 39.8 Å². The number of benzene rings is 1. The van der Waals surface area contributed by atoms with Crippen molar-refractivity contribution in [3.8, 4) is 5.75 Å². The summed E-state index contributed by atoms with van der Waals surface area (Å²) in [4.78, 5) is 53.6.